The first kappa shape index (κ1) is 21.9. The van der Waals surface area contributed by atoms with E-state index in [1.807, 2.05) is 13.0 Å². The SMILES string of the molecule is Cc1nn(Cc2ccccc2F)c(C)c1NC(=O)c1ccc(COc2ccc3c(c2)CCC3)o1. The van der Waals surface area contributed by atoms with Gasteiger partial charge in [0.25, 0.3) is 5.91 Å². The predicted molar refractivity (Wildman–Crippen MR) is 127 cm³/mol. The van der Waals surface area contributed by atoms with E-state index in [0.717, 1.165) is 24.3 Å². The van der Waals surface area contributed by atoms with E-state index in [9.17, 15) is 9.18 Å². The Bertz CT molecular complexity index is 1360. The van der Waals surface area contributed by atoms with E-state index in [2.05, 4.69) is 22.5 Å². The van der Waals surface area contributed by atoms with Gasteiger partial charge in [-0.2, -0.15) is 5.10 Å². The third-order valence-corrected chi connectivity index (χ3v) is 6.23. The van der Waals surface area contributed by atoms with Crippen LogP contribution in [0.5, 0.6) is 5.75 Å². The summed E-state index contributed by atoms with van der Waals surface area (Å²) in [6, 6.07) is 16.1. The van der Waals surface area contributed by atoms with Crippen molar-refractivity contribution in [2.24, 2.45) is 0 Å². The highest BCUT2D eigenvalue weighted by Crippen LogP contribution is 2.27. The lowest BCUT2D eigenvalue weighted by molar-refractivity contribution is 0.0992. The fraction of sp³-hybridized carbons (Fsp3) is 0.259. The highest BCUT2D eigenvalue weighted by Gasteiger charge is 2.19. The second-order valence-corrected chi connectivity index (χ2v) is 8.59. The topological polar surface area (TPSA) is 69.3 Å². The second kappa shape index (κ2) is 9.17. The first-order valence-electron chi connectivity index (χ1n) is 11.4. The lowest BCUT2D eigenvalue weighted by atomic mass is 10.1. The smallest absolute Gasteiger partial charge is 0.291 e. The van der Waals surface area contributed by atoms with Gasteiger partial charge >= 0.3 is 0 Å². The molecule has 2 heterocycles. The molecule has 2 aromatic heterocycles. The molecule has 1 amide bonds. The van der Waals surface area contributed by atoms with Crippen LogP contribution in [-0.2, 0) is 26.0 Å². The Hall–Kier alpha value is -3.87. The van der Waals surface area contributed by atoms with Gasteiger partial charge in [-0.25, -0.2) is 4.39 Å². The summed E-state index contributed by atoms with van der Waals surface area (Å²) in [5.74, 6) is 0.894. The van der Waals surface area contributed by atoms with Crippen molar-refractivity contribution in [2.75, 3.05) is 5.32 Å². The zero-order chi connectivity index (χ0) is 23.7. The second-order valence-electron chi connectivity index (χ2n) is 8.59. The average Bonchev–Trinajstić information content (AvgIpc) is 3.55. The molecule has 0 aliphatic heterocycles. The van der Waals surface area contributed by atoms with Gasteiger partial charge in [0, 0.05) is 5.56 Å². The molecule has 6 nitrogen and oxygen atoms in total. The number of hydrogen-bond donors (Lipinski definition) is 1. The number of nitrogens with zero attached hydrogens (tertiary/aromatic N) is 2. The van der Waals surface area contributed by atoms with Gasteiger partial charge in [0.05, 0.1) is 23.6 Å². The highest BCUT2D eigenvalue weighted by molar-refractivity contribution is 6.02. The molecule has 1 aliphatic rings. The Labute approximate surface area is 197 Å². The van der Waals surface area contributed by atoms with Crippen LogP contribution in [-0.4, -0.2) is 15.7 Å². The third-order valence-electron chi connectivity index (χ3n) is 6.23. The van der Waals surface area contributed by atoms with Gasteiger partial charge in [-0.15, -0.1) is 0 Å². The van der Waals surface area contributed by atoms with Crippen molar-refractivity contribution >= 4 is 11.6 Å². The monoisotopic (exact) mass is 459 g/mol. The van der Waals surface area contributed by atoms with Gasteiger partial charge in [0.15, 0.2) is 5.76 Å². The van der Waals surface area contributed by atoms with Crippen molar-refractivity contribution in [3.8, 4) is 5.75 Å². The van der Waals surface area contributed by atoms with E-state index in [4.69, 9.17) is 9.15 Å². The molecule has 2 aromatic carbocycles. The summed E-state index contributed by atoms with van der Waals surface area (Å²) < 4.78 is 27.3. The van der Waals surface area contributed by atoms with Crippen molar-refractivity contribution in [1.82, 2.24) is 9.78 Å². The number of carbonyl (C=O) groups is 1. The maximum Gasteiger partial charge on any atom is 0.291 e. The highest BCUT2D eigenvalue weighted by atomic mass is 19.1. The van der Waals surface area contributed by atoms with E-state index in [1.165, 1.54) is 23.6 Å². The molecule has 1 aliphatic carbocycles. The molecule has 0 saturated carbocycles. The van der Waals surface area contributed by atoms with Crippen molar-refractivity contribution in [3.63, 3.8) is 0 Å². The Balaban J connectivity index is 1.24. The van der Waals surface area contributed by atoms with Crippen molar-refractivity contribution in [1.29, 1.82) is 0 Å². The number of carbonyl (C=O) groups excluding carboxylic acids is 1. The lowest BCUT2D eigenvalue weighted by Gasteiger charge is -2.08. The van der Waals surface area contributed by atoms with Crippen molar-refractivity contribution < 1.29 is 18.3 Å². The number of anilines is 1. The van der Waals surface area contributed by atoms with Gasteiger partial charge in [0.1, 0.15) is 23.9 Å². The number of aryl methyl sites for hydroxylation is 3. The van der Waals surface area contributed by atoms with E-state index in [-0.39, 0.29) is 30.6 Å². The number of hydrogen-bond acceptors (Lipinski definition) is 4. The van der Waals surface area contributed by atoms with Gasteiger partial charge in [-0.05, 0) is 74.6 Å². The number of fused-ring (bicyclic) bond motifs is 1. The average molecular weight is 460 g/mol. The van der Waals surface area contributed by atoms with Crippen LogP contribution in [0.4, 0.5) is 10.1 Å². The van der Waals surface area contributed by atoms with Crippen LogP contribution in [0.15, 0.2) is 59.0 Å². The molecule has 0 saturated heterocycles. The Morgan fingerprint density at radius 3 is 2.79 bits per heavy atom. The fourth-order valence-corrected chi connectivity index (χ4v) is 4.36. The molecule has 4 aromatic rings. The predicted octanol–water partition coefficient (Wildman–Crippen LogP) is 5.60. The summed E-state index contributed by atoms with van der Waals surface area (Å²) in [5, 5.41) is 7.35. The molecular weight excluding hydrogens is 433 g/mol. The third kappa shape index (κ3) is 4.46. The molecular formula is C27H26FN3O3. The van der Waals surface area contributed by atoms with Crippen LogP contribution in [0.2, 0.25) is 0 Å². The van der Waals surface area contributed by atoms with Gasteiger partial charge in [-0.3, -0.25) is 9.48 Å². The number of halogens is 1. The van der Waals surface area contributed by atoms with Crippen LogP contribution in [0.3, 0.4) is 0 Å². The van der Waals surface area contributed by atoms with Gasteiger partial charge in [-0.1, -0.05) is 24.3 Å². The molecule has 0 bridgehead atoms. The van der Waals surface area contributed by atoms with E-state index in [0.29, 0.717) is 22.7 Å². The maximum atomic E-state index is 14.0. The summed E-state index contributed by atoms with van der Waals surface area (Å²) in [7, 11) is 0. The molecule has 1 N–H and O–H groups in total. The number of nitrogens with one attached hydrogen (secondary N) is 1. The Kier molecular flexibility index (Phi) is 5.92. The van der Waals surface area contributed by atoms with Crippen LogP contribution in [0.25, 0.3) is 0 Å². The molecule has 0 radical (unpaired) electrons. The minimum Gasteiger partial charge on any atom is -0.486 e. The fourth-order valence-electron chi connectivity index (χ4n) is 4.36. The number of rotatable bonds is 7. The van der Waals surface area contributed by atoms with Crippen LogP contribution in [0.1, 0.15) is 50.8 Å². The summed E-state index contributed by atoms with van der Waals surface area (Å²) in [4.78, 5) is 12.8. The number of amides is 1. The number of benzene rings is 2. The molecule has 7 heteroatoms. The molecule has 174 valence electrons. The van der Waals surface area contributed by atoms with E-state index in [1.54, 1.807) is 41.9 Å². The first-order valence-corrected chi connectivity index (χ1v) is 11.4. The molecule has 0 atom stereocenters. The minimum atomic E-state index is -0.375. The summed E-state index contributed by atoms with van der Waals surface area (Å²) in [6.07, 6.45) is 3.41. The molecule has 5 rings (SSSR count). The molecule has 0 fully saturated rings. The van der Waals surface area contributed by atoms with Crippen LogP contribution >= 0.6 is 0 Å². The maximum absolute atomic E-state index is 14.0. The number of furan rings is 1. The largest absolute Gasteiger partial charge is 0.486 e. The number of aromatic nitrogens is 2. The number of ether oxygens (including phenoxy) is 1. The van der Waals surface area contributed by atoms with Crippen LogP contribution < -0.4 is 10.1 Å². The lowest BCUT2D eigenvalue weighted by Crippen LogP contribution is -2.12. The zero-order valence-corrected chi connectivity index (χ0v) is 19.2. The van der Waals surface area contributed by atoms with Crippen LogP contribution in [0, 0.1) is 19.7 Å². The Morgan fingerprint density at radius 1 is 1.12 bits per heavy atom. The first-order chi connectivity index (χ1) is 16.5. The molecule has 0 spiro atoms. The molecule has 34 heavy (non-hydrogen) atoms. The summed E-state index contributed by atoms with van der Waals surface area (Å²) in [6.45, 7) is 4.16. The van der Waals surface area contributed by atoms with Crippen molar-refractivity contribution in [3.05, 3.63) is 100 Å². The quantitative estimate of drug-likeness (QED) is 0.391. The van der Waals surface area contributed by atoms with Crippen molar-refractivity contribution in [2.45, 2.75) is 46.3 Å². The summed E-state index contributed by atoms with van der Waals surface area (Å²) >= 11 is 0. The summed E-state index contributed by atoms with van der Waals surface area (Å²) in [5.41, 5.74) is 5.25. The standard InChI is InChI=1S/C27H26FN3O3/c1-17-26(18(2)31(30-17)15-21-6-3-4-9-24(21)28)29-27(32)25-13-12-23(34-25)16-33-22-11-10-19-7-5-8-20(19)14-22/h3-4,6,9-14H,5,7-8,15-16H2,1-2H3,(H,29,32). The van der Waals surface area contributed by atoms with Gasteiger partial charge in [0.2, 0.25) is 0 Å². The van der Waals surface area contributed by atoms with E-state index >= 15 is 0 Å². The zero-order valence-electron chi connectivity index (χ0n) is 19.2. The molecule has 0 unspecified atom stereocenters. The minimum absolute atomic E-state index is 0.188. The normalized spacial score (nSPS) is 12.6. The van der Waals surface area contributed by atoms with Gasteiger partial charge < -0.3 is 14.5 Å². The van der Waals surface area contributed by atoms with E-state index < -0.39 is 0 Å². The Morgan fingerprint density at radius 2 is 1.94 bits per heavy atom.